The summed E-state index contributed by atoms with van der Waals surface area (Å²) in [5.74, 6) is 1.33. The molecule has 2 heterocycles. The summed E-state index contributed by atoms with van der Waals surface area (Å²) in [7, 11) is 0. The highest BCUT2D eigenvalue weighted by Gasteiger charge is 2.25. The average Bonchev–Trinajstić information content (AvgIpc) is 3.12. The number of alkyl halides is 1. The minimum absolute atomic E-state index is 0.00802. The van der Waals surface area contributed by atoms with Gasteiger partial charge in [0.2, 0.25) is 0 Å². The van der Waals surface area contributed by atoms with Crippen LogP contribution >= 0.6 is 27.5 Å². The molecule has 1 atom stereocenters. The Morgan fingerprint density at radius 1 is 1.23 bits per heavy atom. The number of aromatic hydroxyl groups is 1. The second-order valence-corrected chi connectivity index (χ2v) is 8.88. The van der Waals surface area contributed by atoms with E-state index in [1.165, 1.54) is 0 Å². The average molecular weight is 497 g/mol. The molecule has 2 aliphatic heterocycles. The van der Waals surface area contributed by atoms with Crippen molar-refractivity contribution in [1.82, 2.24) is 4.90 Å². The Bertz CT molecular complexity index is 935. The first kappa shape index (κ1) is 21.5. The minimum atomic E-state index is -0.270. The zero-order valence-electron chi connectivity index (χ0n) is 16.5. The summed E-state index contributed by atoms with van der Waals surface area (Å²) in [6, 6.07) is 11.4. The molecule has 0 amide bonds. The molecule has 7 heteroatoms. The van der Waals surface area contributed by atoms with Gasteiger partial charge in [0.05, 0.1) is 13.3 Å². The third kappa shape index (κ3) is 4.61. The Morgan fingerprint density at radius 2 is 2.03 bits per heavy atom. The Kier molecular flexibility index (Phi) is 6.86. The number of rotatable bonds is 6. The molecule has 0 radical (unpaired) electrons. The van der Waals surface area contributed by atoms with Gasteiger partial charge >= 0.3 is 0 Å². The Labute approximate surface area is 189 Å². The topological polar surface area (TPSA) is 41.9 Å². The van der Waals surface area contributed by atoms with Crippen LogP contribution in [-0.2, 0) is 0 Å². The van der Waals surface area contributed by atoms with E-state index in [-0.39, 0.29) is 23.6 Å². The molecule has 0 aliphatic carbocycles. The van der Waals surface area contributed by atoms with E-state index < -0.39 is 0 Å². The number of hydrogen-bond acceptors (Lipinski definition) is 4. The van der Waals surface area contributed by atoms with Crippen molar-refractivity contribution in [2.45, 2.75) is 25.4 Å². The summed E-state index contributed by atoms with van der Waals surface area (Å²) in [4.78, 5) is 2.25. The van der Waals surface area contributed by atoms with Gasteiger partial charge in [-0.2, -0.15) is 0 Å². The van der Waals surface area contributed by atoms with Crippen molar-refractivity contribution >= 4 is 33.1 Å². The van der Waals surface area contributed by atoms with Gasteiger partial charge < -0.3 is 14.6 Å². The highest BCUT2D eigenvalue weighted by atomic mass is 79.9. The fourth-order valence-electron chi connectivity index (χ4n) is 3.98. The smallest absolute Gasteiger partial charge is 0.149 e. The molecule has 4 nitrogen and oxygen atoms in total. The van der Waals surface area contributed by atoms with E-state index in [0.29, 0.717) is 25.2 Å². The van der Waals surface area contributed by atoms with Crippen molar-refractivity contribution in [3.63, 3.8) is 0 Å². The van der Waals surface area contributed by atoms with Crippen LogP contribution < -0.4 is 9.47 Å². The number of benzene rings is 2. The van der Waals surface area contributed by atoms with E-state index in [0.717, 1.165) is 53.0 Å². The van der Waals surface area contributed by atoms with Crippen LogP contribution in [0, 0.1) is 0 Å². The van der Waals surface area contributed by atoms with E-state index >= 15 is 0 Å². The molecule has 1 fully saturated rings. The number of phenolic OH excluding ortho intramolecular Hbond substituents is 1. The van der Waals surface area contributed by atoms with Crippen molar-refractivity contribution in [3.05, 3.63) is 57.0 Å². The SMILES string of the molecule is Oc1ccc2c(c1Cl)OCCC(Br)=C2c1ccc(OC2CCN(CCCF)C2)cc1. The van der Waals surface area contributed by atoms with Gasteiger partial charge in [0.15, 0.2) is 0 Å². The summed E-state index contributed by atoms with van der Waals surface area (Å²) in [6.07, 6.45) is 2.38. The van der Waals surface area contributed by atoms with Gasteiger partial charge in [0, 0.05) is 41.7 Å². The molecule has 4 rings (SSSR count). The first-order valence-corrected chi connectivity index (χ1v) is 11.3. The van der Waals surface area contributed by atoms with E-state index in [9.17, 15) is 9.50 Å². The van der Waals surface area contributed by atoms with Crippen molar-refractivity contribution in [3.8, 4) is 17.2 Å². The van der Waals surface area contributed by atoms with E-state index in [1.807, 2.05) is 30.3 Å². The maximum atomic E-state index is 12.4. The molecule has 30 heavy (non-hydrogen) atoms. The van der Waals surface area contributed by atoms with Gasteiger partial charge in [-0.25, -0.2) is 0 Å². The van der Waals surface area contributed by atoms with Gasteiger partial charge in [-0.15, -0.1) is 0 Å². The van der Waals surface area contributed by atoms with Gasteiger partial charge in [0.1, 0.15) is 28.4 Å². The number of fused-ring (bicyclic) bond motifs is 1. The van der Waals surface area contributed by atoms with Crippen LogP contribution in [0.3, 0.4) is 0 Å². The number of nitrogens with zero attached hydrogens (tertiary/aromatic N) is 1. The quantitative estimate of drug-likeness (QED) is 0.549. The molecule has 1 unspecified atom stereocenters. The van der Waals surface area contributed by atoms with Crippen LogP contribution in [0.5, 0.6) is 17.2 Å². The Hall–Kier alpha value is -1.76. The van der Waals surface area contributed by atoms with Crippen LogP contribution in [0.2, 0.25) is 5.02 Å². The summed E-state index contributed by atoms with van der Waals surface area (Å²) in [5, 5.41) is 10.2. The third-order valence-corrected chi connectivity index (χ3v) is 6.63. The normalized spacial score (nSPS) is 19.4. The Morgan fingerprint density at radius 3 is 2.80 bits per heavy atom. The molecule has 0 bridgehead atoms. The first-order valence-electron chi connectivity index (χ1n) is 10.2. The predicted molar refractivity (Wildman–Crippen MR) is 121 cm³/mol. The Balaban J connectivity index is 1.52. The number of likely N-dealkylation sites (tertiary alicyclic amines) is 1. The monoisotopic (exact) mass is 495 g/mol. The highest BCUT2D eigenvalue weighted by Crippen LogP contribution is 2.45. The fraction of sp³-hybridized carbons (Fsp3) is 0.391. The molecular weight excluding hydrogens is 473 g/mol. The van der Waals surface area contributed by atoms with Crippen molar-refractivity contribution in [2.24, 2.45) is 0 Å². The molecule has 160 valence electrons. The zero-order chi connectivity index (χ0) is 21.1. The molecule has 0 aromatic heterocycles. The molecule has 1 N–H and O–H groups in total. The maximum absolute atomic E-state index is 12.4. The fourth-order valence-corrected chi connectivity index (χ4v) is 4.81. The van der Waals surface area contributed by atoms with E-state index in [1.54, 1.807) is 6.07 Å². The second-order valence-electron chi connectivity index (χ2n) is 7.55. The third-order valence-electron chi connectivity index (χ3n) is 5.47. The van der Waals surface area contributed by atoms with Crippen LogP contribution in [0.4, 0.5) is 4.39 Å². The molecule has 2 aromatic rings. The number of phenols is 1. The van der Waals surface area contributed by atoms with Crippen molar-refractivity contribution < 1.29 is 19.0 Å². The van der Waals surface area contributed by atoms with Gasteiger partial charge in [0.25, 0.3) is 0 Å². The van der Waals surface area contributed by atoms with Crippen molar-refractivity contribution in [2.75, 3.05) is 32.9 Å². The number of hydrogen-bond donors (Lipinski definition) is 1. The van der Waals surface area contributed by atoms with Crippen LogP contribution in [0.15, 0.2) is 40.9 Å². The van der Waals surface area contributed by atoms with Crippen LogP contribution in [-0.4, -0.2) is 49.0 Å². The standard InChI is InChI=1S/C23H24BrClFNO3/c24-19-9-13-29-23-18(6-7-20(28)22(23)25)21(19)15-2-4-16(5-3-15)30-17-8-12-27(14-17)11-1-10-26/h2-7,17,28H,1,8-14H2. The summed E-state index contributed by atoms with van der Waals surface area (Å²) < 4.78 is 25.4. The highest BCUT2D eigenvalue weighted by molar-refractivity contribution is 9.11. The number of halogens is 3. The first-order chi connectivity index (χ1) is 14.6. The van der Waals surface area contributed by atoms with Crippen LogP contribution in [0.25, 0.3) is 5.57 Å². The summed E-state index contributed by atoms with van der Waals surface area (Å²) >= 11 is 9.99. The van der Waals surface area contributed by atoms with Crippen LogP contribution in [0.1, 0.15) is 30.4 Å². The second kappa shape index (κ2) is 9.58. The lowest BCUT2D eigenvalue weighted by molar-refractivity contribution is 0.198. The largest absolute Gasteiger partial charge is 0.506 e. The molecule has 1 saturated heterocycles. The van der Waals surface area contributed by atoms with E-state index in [2.05, 4.69) is 20.8 Å². The minimum Gasteiger partial charge on any atom is -0.506 e. The lowest BCUT2D eigenvalue weighted by atomic mass is 9.96. The molecule has 0 spiro atoms. The van der Waals surface area contributed by atoms with Gasteiger partial charge in [-0.3, -0.25) is 9.29 Å². The van der Waals surface area contributed by atoms with E-state index in [4.69, 9.17) is 21.1 Å². The number of ether oxygens (including phenoxy) is 2. The molecular formula is C23H24BrClFNO3. The maximum Gasteiger partial charge on any atom is 0.149 e. The lowest BCUT2D eigenvalue weighted by Gasteiger charge is -2.17. The molecule has 2 aromatic carbocycles. The molecule has 0 saturated carbocycles. The van der Waals surface area contributed by atoms with Gasteiger partial charge in [-0.05, 0) is 42.7 Å². The van der Waals surface area contributed by atoms with Crippen molar-refractivity contribution in [1.29, 1.82) is 0 Å². The summed E-state index contributed by atoms with van der Waals surface area (Å²) in [6.45, 7) is 2.78. The lowest BCUT2D eigenvalue weighted by Crippen LogP contribution is -2.26. The summed E-state index contributed by atoms with van der Waals surface area (Å²) in [5.41, 5.74) is 2.85. The predicted octanol–water partition coefficient (Wildman–Crippen LogP) is 5.80. The zero-order valence-corrected chi connectivity index (χ0v) is 18.9. The van der Waals surface area contributed by atoms with Gasteiger partial charge in [-0.1, -0.05) is 39.7 Å². The molecule has 2 aliphatic rings.